The first-order valence-electron chi connectivity index (χ1n) is 7.34. The highest BCUT2D eigenvalue weighted by atomic mass is 35.5. The largest absolute Gasteiger partial charge is 0.367 e. The lowest BCUT2D eigenvalue weighted by Crippen LogP contribution is -2.10. The Labute approximate surface area is 133 Å². The van der Waals surface area contributed by atoms with Crippen LogP contribution in [0, 0.1) is 11.8 Å². The number of nitrogens with two attached hydrogens (primary N) is 1. The summed E-state index contributed by atoms with van der Waals surface area (Å²) in [5, 5.41) is 5.46. The molecule has 3 atom stereocenters. The summed E-state index contributed by atoms with van der Waals surface area (Å²) in [6.07, 6.45) is 5.14. The van der Waals surface area contributed by atoms with E-state index in [0.29, 0.717) is 27.8 Å². The fourth-order valence-electron chi connectivity index (χ4n) is 4.11. The average Bonchev–Trinajstić information content (AvgIpc) is 3.14. The van der Waals surface area contributed by atoms with Gasteiger partial charge in [-0.1, -0.05) is 40.8 Å². The zero-order chi connectivity index (χ0) is 14.6. The number of fused-ring (bicyclic) bond motifs is 2. The van der Waals surface area contributed by atoms with Gasteiger partial charge < -0.3 is 10.3 Å². The van der Waals surface area contributed by atoms with Crippen molar-refractivity contribution in [1.29, 1.82) is 0 Å². The van der Waals surface area contributed by atoms with Gasteiger partial charge in [0, 0.05) is 16.5 Å². The Morgan fingerprint density at radius 2 is 2.05 bits per heavy atom. The van der Waals surface area contributed by atoms with Crippen molar-refractivity contribution in [2.45, 2.75) is 31.6 Å². The zero-order valence-corrected chi connectivity index (χ0v) is 13.0. The summed E-state index contributed by atoms with van der Waals surface area (Å²) in [4.78, 5) is 0. The predicted octanol–water partition coefficient (Wildman–Crippen LogP) is 5.13. The minimum atomic E-state index is 0.344. The highest BCUT2D eigenvalue weighted by Crippen LogP contribution is 2.55. The molecule has 4 rings (SSSR count). The number of anilines is 1. The molecule has 1 aromatic heterocycles. The topological polar surface area (TPSA) is 52.0 Å². The monoisotopic (exact) mass is 322 g/mol. The van der Waals surface area contributed by atoms with Gasteiger partial charge in [-0.25, -0.2) is 0 Å². The SMILES string of the molecule is Nc1onc(C2CC3CCC2C3)c1-c1ccc(Cl)cc1Cl. The van der Waals surface area contributed by atoms with Crippen LogP contribution in [0.15, 0.2) is 22.7 Å². The molecule has 0 saturated heterocycles. The van der Waals surface area contributed by atoms with Crippen molar-refractivity contribution in [2.75, 3.05) is 5.73 Å². The molecular formula is C16H16Cl2N2O. The molecule has 5 heteroatoms. The summed E-state index contributed by atoms with van der Waals surface area (Å²) in [5.41, 5.74) is 8.72. The number of nitrogens with zero attached hydrogens (tertiary/aromatic N) is 1. The van der Waals surface area contributed by atoms with E-state index >= 15 is 0 Å². The average molecular weight is 323 g/mol. The van der Waals surface area contributed by atoms with Crippen LogP contribution in [0.25, 0.3) is 11.1 Å². The van der Waals surface area contributed by atoms with Gasteiger partial charge in [-0.3, -0.25) is 0 Å². The van der Waals surface area contributed by atoms with Gasteiger partial charge in [0.25, 0.3) is 0 Å². The molecule has 2 saturated carbocycles. The molecule has 2 N–H and O–H groups in total. The summed E-state index contributed by atoms with van der Waals surface area (Å²) >= 11 is 12.3. The molecule has 21 heavy (non-hydrogen) atoms. The molecule has 110 valence electrons. The van der Waals surface area contributed by atoms with Crippen LogP contribution >= 0.6 is 23.2 Å². The molecule has 2 aromatic rings. The van der Waals surface area contributed by atoms with Crippen molar-refractivity contribution in [2.24, 2.45) is 11.8 Å². The van der Waals surface area contributed by atoms with Gasteiger partial charge in [0.1, 0.15) is 0 Å². The third kappa shape index (κ3) is 2.14. The zero-order valence-electron chi connectivity index (χ0n) is 11.5. The smallest absolute Gasteiger partial charge is 0.230 e. The lowest BCUT2D eigenvalue weighted by atomic mass is 9.84. The summed E-state index contributed by atoms with van der Waals surface area (Å²) in [5.74, 6) is 2.35. The van der Waals surface area contributed by atoms with Crippen molar-refractivity contribution >= 4 is 29.1 Å². The number of rotatable bonds is 2. The third-order valence-electron chi connectivity index (χ3n) is 5.03. The first-order valence-corrected chi connectivity index (χ1v) is 8.09. The first-order chi connectivity index (χ1) is 10.1. The van der Waals surface area contributed by atoms with Crippen molar-refractivity contribution in [3.05, 3.63) is 33.9 Å². The van der Waals surface area contributed by atoms with Crippen LogP contribution in [0.1, 0.15) is 37.3 Å². The fraction of sp³-hybridized carbons (Fsp3) is 0.438. The Balaban J connectivity index is 1.80. The van der Waals surface area contributed by atoms with E-state index < -0.39 is 0 Å². The van der Waals surface area contributed by atoms with Crippen LogP contribution in [-0.2, 0) is 0 Å². The van der Waals surface area contributed by atoms with Crippen LogP contribution in [0.2, 0.25) is 10.0 Å². The van der Waals surface area contributed by atoms with Crippen molar-refractivity contribution in [3.63, 3.8) is 0 Å². The quantitative estimate of drug-likeness (QED) is 0.833. The lowest BCUT2D eigenvalue weighted by molar-refractivity contribution is 0.375. The van der Waals surface area contributed by atoms with E-state index in [1.54, 1.807) is 6.07 Å². The van der Waals surface area contributed by atoms with E-state index in [1.807, 2.05) is 12.1 Å². The Bertz CT molecular complexity index is 698. The summed E-state index contributed by atoms with van der Waals surface area (Å²) in [6, 6.07) is 5.44. The maximum absolute atomic E-state index is 6.34. The van der Waals surface area contributed by atoms with Crippen LogP contribution in [0.4, 0.5) is 5.88 Å². The molecule has 2 aliphatic carbocycles. The van der Waals surface area contributed by atoms with Crippen LogP contribution in [0.5, 0.6) is 0 Å². The van der Waals surface area contributed by atoms with Gasteiger partial charge in [-0.05, 0) is 43.2 Å². The number of aromatic nitrogens is 1. The number of nitrogen functional groups attached to an aromatic ring is 1. The fourth-order valence-corrected chi connectivity index (χ4v) is 4.61. The number of benzene rings is 1. The van der Waals surface area contributed by atoms with Crippen LogP contribution < -0.4 is 5.73 Å². The van der Waals surface area contributed by atoms with Gasteiger partial charge in [0.15, 0.2) is 0 Å². The van der Waals surface area contributed by atoms with Gasteiger partial charge in [0.05, 0.1) is 16.3 Å². The van der Waals surface area contributed by atoms with Gasteiger partial charge >= 0.3 is 0 Å². The molecule has 2 bridgehead atoms. The standard InChI is InChI=1S/C16H16Cl2N2O/c17-10-3-4-11(13(18)7-10)14-15(20-21-16(14)19)12-6-8-1-2-9(12)5-8/h3-4,7-9,12H,1-2,5-6,19H2. The van der Waals surface area contributed by atoms with E-state index in [1.165, 1.54) is 25.7 Å². The number of hydrogen-bond acceptors (Lipinski definition) is 3. The number of hydrogen-bond donors (Lipinski definition) is 1. The van der Waals surface area contributed by atoms with Crippen LogP contribution in [0.3, 0.4) is 0 Å². The van der Waals surface area contributed by atoms with Crippen molar-refractivity contribution < 1.29 is 4.52 Å². The second-order valence-electron chi connectivity index (χ2n) is 6.21. The molecular weight excluding hydrogens is 307 g/mol. The Hall–Kier alpha value is -1.19. The molecule has 0 amide bonds. The normalized spacial score (nSPS) is 27.4. The molecule has 3 unspecified atom stereocenters. The lowest BCUT2D eigenvalue weighted by Gasteiger charge is -2.20. The highest BCUT2D eigenvalue weighted by Gasteiger charge is 2.43. The Kier molecular flexibility index (Phi) is 3.16. The van der Waals surface area contributed by atoms with Crippen molar-refractivity contribution in [3.8, 4) is 11.1 Å². The molecule has 1 heterocycles. The number of halogens is 2. The first kappa shape index (κ1) is 13.5. The van der Waals surface area contributed by atoms with Crippen molar-refractivity contribution in [1.82, 2.24) is 5.16 Å². The Morgan fingerprint density at radius 3 is 2.71 bits per heavy atom. The molecule has 2 fully saturated rings. The minimum Gasteiger partial charge on any atom is -0.367 e. The maximum atomic E-state index is 6.34. The molecule has 2 aliphatic rings. The highest BCUT2D eigenvalue weighted by molar-refractivity contribution is 6.36. The summed E-state index contributed by atoms with van der Waals surface area (Å²) in [7, 11) is 0. The third-order valence-corrected chi connectivity index (χ3v) is 5.58. The predicted molar refractivity (Wildman–Crippen MR) is 84.6 cm³/mol. The van der Waals surface area contributed by atoms with E-state index in [4.69, 9.17) is 33.5 Å². The molecule has 0 aliphatic heterocycles. The Morgan fingerprint density at radius 1 is 1.19 bits per heavy atom. The summed E-state index contributed by atoms with van der Waals surface area (Å²) < 4.78 is 5.29. The second kappa shape index (κ2) is 4.92. The maximum Gasteiger partial charge on any atom is 0.230 e. The molecule has 1 aromatic carbocycles. The van der Waals surface area contributed by atoms with E-state index in [0.717, 1.165) is 22.7 Å². The molecule has 0 radical (unpaired) electrons. The van der Waals surface area contributed by atoms with E-state index in [2.05, 4.69) is 5.16 Å². The molecule has 0 spiro atoms. The van der Waals surface area contributed by atoms with Crippen LogP contribution in [-0.4, -0.2) is 5.16 Å². The van der Waals surface area contributed by atoms with E-state index in [9.17, 15) is 0 Å². The van der Waals surface area contributed by atoms with E-state index in [-0.39, 0.29) is 0 Å². The van der Waals surface area contributed by atoms with Gasteiger partial charge in [-0.2, -0.15) is 0 Å². The minimum absolute atomic E-state index is 0.344. The second-order valence-corrected chi connectivity index (χ2v) is 7.06. The van der Waals surface area contributed by atoms with Gasteiger partial charge in [0.2, 0.25) is 5.88 Å². The summed E-state index contributed by atoms with van der Waals surface area (Å²) in [6.45, 7) is 0. The van der Waals surface area contributed by atoms with Gasteiger partial charge in [-0.15, -0.1) is 0 Å². The molecule has 3 nitrogen and oxygen atoms in total.